The molecule has 0 bridgehead atoms. The molecule has 0 heterocycles. The van der Waals surface area contributed by atoms with Gasteiger partial charge in [0.1, 0.15) is 5.82 Å². The van der Waals surface area contributed by atoms with E-state index in [-0.39, 0.29) is 25.8 Å². The van der Waals surface area contributed by atoms with E-state index in [1.165, 1.54) is 6.07 Å². The summed E-state index contributed by atoms with van der Waals surface area (Å²) in [7, 11) is 0. The maximum absolute atomic E-state index is 13.2. The summed E-state index contributed by atoms with van der Waals surface area (Å²) in [6.07, 6.45) is 0. The summed E-state index contributed by atoms with van der Waals surface area (Å²) in [6, 6.07) is 3.92. The zero-order valence-electron chi connectivity index (χ0n) is 12.0. The molecule has 132 valence electrons. The van der Waals surface area contributed by atoms with E-state index < -0.39 is 34.7 Å². The van der Waals surface area contributed by atoms with Gasteiger partial charge in [0.2, 0.25) is 5.75 Å². The minimum atomic E-state index is -0.767. The number of benzene rings is 2. The number of anilines is 1. The van der Waals surface area contributed by atoms with Gasteiger partial charge in [0, 0.05) is 12.1 Å². The van der Waals surface area contributed by atoms with Gasteiger partial charge in [-0.15, -0.1) is 0 Å². The first-order valence-corrected chi connectivity index (χ1v) is 7.91. The van der Waals surface area contributed by atoms with Crippen LogP contribution in [0.3, 0.4) is 0 Å². The second-order valence-corrected chi connectivity index (χ2v) is 6.12. The standard InChI is InChI=1S/C14H7Cl4FN2O4/c15-7-4-8(16)13(18)14(12(7)17)20-11(22)5-25-10-3-6(19)1-2-9(10)21(23)24/h1-4H,5H2,(H,20,22). The van der Waals surface area contributed by atoms with Crippen LogP contribution in [-0.2, 0) is 4.79 Å². The Morgan fingerprint density at radius 3 is 2.32 bits per heavy atom. The highest BCUT2D eigenvalue weighted by molar-refractivity contribution is 6.50. The smallest absolute Gasteiger partial charge is 0.311 e. The molecule has 6 nitrogen and oxygen atoms in total. The second kappa shape index (κ2) is 8.05. The minimum Gasteiger partial charge on any atom is -0.477 e. The maximum atomic E-state index is 13.2. The van der Waals surface area contributed by atoms with Gasteiger partial charge in [0.05, 0.1) is 30.7 Å². The number of ether oxygens (including phenoxy) is 1. The fraction of sp³-hybridized carbons (Fsp3) is 0.0714. The molecule has 2 aromatic carbocycles. The molecule has 0 saturated carbocycles. The van der Waals surface area contributed by atoms with Crippen molar-refractivity contribution >= 4 is 63.7 Å². The van der Waals surface area contributed by atoms with E-state index in [1.54, 1.807) is 0 Å². The molecule has 0 saturated heterocycles. The molecule has 2 aromatic rings. The molecule has 0 fully saturated rings. The molecular weight excluding hydrogens is 421 g/mol. The van der Waals surface area contributed by atoms with E-state index in [1.807, 2.05) is 0 Å². The van der Waals surface area contributed by atoms with E-state index in [2.05, 4.69) is 5.32 Å². The average molecular weight is 428 g/mol. The van der Waals surface area contributed by atoms with Crippen molar-refractivity contribution in [3.8, 4) is 5.75 Å². The summed E-state index contributed by atoms with van der Waals surface area (Å²) in [6.45, 7) is -0.666. The Morgan fingerprint density at radius 2 is 1.76 bits per heavy atom. The highest BCUT2D eigenvalue weighted by atomic mass is 35.5. The van der Waals surface area contributed by atoms with Crippen LogP contribution in [0.1, 0.15) is 0 Å². The fourth-order valence-electron chi connectivity index (χ4n) is 1.76. The Morgan fingerprint density at radius 1 is 1.16 bits per heavy atom. The van der Waals surface area contributed by atoms with Gasteiger partial charge in [0.25, 0.3) is 5.91 Å². The Balaban J connectivity index is 2.15. The van der Waals surface area contributed by atoms with Crippen molar-refractivity contribution in [2.24, 2.45) is 0 Å². The van der Waals surface area contributed by atoms with Crippen molar-refractivity contribution in [3.63, 3.8) is 0 Å². The summed E-state index contributed by atoms with van der Waals surface area (Å²) in [5.41, 5.74) is -0.528. The SMILES string of the molecule is O=C(COc1cc(F)ccc1[N+](=O)[O-])Nc1c(Cl)c(Cl)cc(Cl)c1Cl. The van der Waals surface area contributed by atoms with Gasteiger partial charge in [-0.3, -0.25) is 14.9 Å². The van der Waals surface area contributed by atoms with Crippen LogP contribution < -0.4 is 10.1 Å². The van der Waals surface area contributed by atoms with Gasteiger partial charge in [-0.05, 0) is 12.1 Å². The maximum Gasteiger partial charge on any atom is 0.311 e. The van der Waals surface area contributed by atoms with E-state index >= 15 is 0 Å². The highest BCUT2D eigenvalue weighted by Gasteiger charge is 2.19. The molecule has 0 radical (unpaired) electrons. The molecule has 0 spiro atoms. The Labute approximate surface area is 160 Å². The third-order valence-electron chi connectivity index (χ3n) is 2.85. The summed E-state index contributed by atoms with van der Waals surface area (Å²) in [4.78, 5) is 22.1. The quantitative estimate of drug-likeness (QED) is 0.395. The number of nitro groups is 1. The largest absolute Gasteiger partial charge is 0.477 e. The lowest BCUT2D eigenvalue weighted by molar-refractivity contribution is -0.385. The topological polar surface area (TPSA) is 81.5 Å². The molecule has 0 aromatic heterocycles. The average Bonchev–Trinajstić information content (AvgIpc) is 2.55. The van der Waals surface area contributed by atoms with Gasteiger partial charge < -0.3 is 10.1 Å². The lowest BCUT2D eigenvalue weighted by Gasteiger charge is -2.12. The third kappa shape index (κ3) is 4.64. The molecule has 1 amide bonds. The first kappa shape index (κ1) is 19.5. The molecule has 0 atom stereocenters. The van der Waals surface area contributed by atoms with Gasteiger partial charge in [-0.1, -0.05) is 46.4 Å². The first-order valence-electron chi connectivity index (χ1n) is 6.40. The monoisotopic (exact) mass is 426 g/mol. The number of hydrogen-bond donors (Lipinski definition) is 1. The Bertz CT molecular complexity index is 837. The van der Waals surface area contributed by atoms with Crippen molar-refractivity contribution in [3.05, 3.63) is 60.3 Å². The third-order valence-corrected chi connectivity index (χ3v) is 4.43. The number of nitrogens with zero attached hydrogens (tertiary/aromatic N) is 1. The van der Waals surface area contributed by atoms with Crippen molar-refractivity contribution in [1.82, 2.24) is 0 Å². The molecule has 25 heavy (non-hydrogen) atoms. The fourth-order valence-corrected chi connectivity index (χ4v) is 2.66. The summed E-state index contributed by atoms with van der Waals surface area (Å²) < 4.78 is 18.2. The molecule has 0 aliphatic carbocycles. The van der Waals surface area contributed by atoms with Crippen LogP contribution in [0.25, 0.3) is 0 Å². The molecule has 11 heteroatoms. The predicted molar refractivity (Wildman–Crippen MR) is 93.7 cm³/mol. The Kier molecular flexibility index (Phi) is 6.29. The van der Waals surface area contributed by atoms with Crippen molar-refractivity contribution in [2.45, 2.75) is 0 Å². The molecule has 0 aliphatic rings. The minimum absolute atomic E-state index is 0.0387. The number of hydrogen-bond acceptors (Lipinski definition) is 4. The van der Waals surface area contributed by atoms with Crippen molar-refractivity contribution in [2.75, 3.05) is 11.9 Å². The van der Waals surface area contributed by atoms with Crippen LogP contribution in [-0.4, -0.2) is 17.4 Å². The van der Waals surface area contributed by atoms with Crippen LogP contribution in [0.2, 0.25) is 20.1 Å². The molecule has 1 N–H and O–H groups in total. The van der Waals surface area contributed by atoms with Gasteiger partial charge >= 0.3 is 5.69 Å². The predicted octanol–water partition coefficient (Wildman–Crippen LogP) is 5.37. The van der Waals surface area contributed by atoms with Crippen LogP contribution >= 0.6 is 46.4 Å². The molecule has 2 rings (SSSR count). The summed E-state index contributed by atoms with van der Waals surface area (Å²) in [5, 5.41) is 13.2. The number of nitrogens with one attached hydrogen (secondary N) is 1. The van der Waals surface area contributed by atoms with E-state index in [4.69, 9.17) is 51.1 Å². The Hall–Kier alpha value is -1.80. The van der Waals surface area contributed by atoms with Crippen molar-refractivity contribution < 1.29 is 18.8 Å². The zero-order chi connectivity index (χ0) is 18.7. The lowest BCUT2D eigenvalue weighted by atomic mass is 10.3. The van der Waals surface area contributed by atoms with E-state index in [9.17, 15) is 19.3 Å². The summed E-state index contributed by atoms with van der Waals surface area (Å²) >= 11 is 23.6. The van der Waals surface area contributed by atoms with Crippen LogP contribution in [0.5, 0.6) is 5.75 Å². The van der Waals surface area contributed by atoms with Crippen LogP contribution in [0.15, 0.2) is 24.3 Å². The number of carbonyl (C=O) groups is 1. The normalized spacial score (nSPS) is 10.4. The lowest BCUT2D eigenvalue weighted by Crippen LogP contribution is -2.21. The zero-order valence-corrected chi connectivity index (χ0v) is 15.0. The number of halogens is 5. The van der Waals surface area contributed by atoms with Gasteiger partial charge in [-0.2, -0.15) is 0 Å². The number of amides is 1. The highest BCUT2D eigenvalue weighted by Crippen LogP contribution is 2.41. The first-order chi connectivity index (χ1) is 11.7. The molecule has 0 unspecified atom stereocenters. The van der Waals surface area contributed by atoms with Crippen molar-refractivity contribution in [1.29, 1.82) is 0 Å². The van der Waals surface area contributed by atoms with Gasteiger partial charge in [0.15, 0.2) is 6.61 Å². The number of rotatable bonds is 5. The van der Waals surface area contributed by atoms with Gasteiger partial charge in [-0.25, -0.2) is 4.39 Å². The molecule has 0 aliphatic heterocycles. The van der Waals surface area contributed by atoms with E-state index in [0.29, 0.717) is 0 Å². The van der Waals surface area contributed by atoms with Crippen LogP contribution in [0, 0.1) is 15.9 Å². The summed E-state index contributed by atoms with van der Waals surface area (Å²) in [5.74, 6) is -1.92. The number of nitro benzene ring substituents is 1. The van der Waals surface area contributed by atoms with E-state index in [0.717, 1.165) is 18.2 Å². The number of carbonyl (C=O) groups excluding carboxylic acids is 1. The molecular formula is C14H7Cl4FN2O4. The second-order valence-electron chi connectivity index (χ2n) is 4.55. The van der Waals surface area contributed by atoms with Crippen LogP contribution in [0.4, 0.5) is 15.8 Å².